The van der Waals surface area contributed by atoms with Crippen LogP contribution in [-0.2, 0) is 4.74 Å². The van der Waals surface area contributed by atoms with Crippen molar-refractivity contribution in [1.82, 2.24) is 10.2 Å². The molecule has 0 radical (unpaired) electrons. The first-order chi connectivity index (χ1) is 7.17. The predicted molar refractivity (Wildman–Crippen MR) is 58.7 cm³/mol. The van der Waals surface area contributed by atoms with Gasteiger partial charge in [-0.15, -0.1) is 0 Å². The number of nitrogens with one attached hydrogen (secondary N) is 1. The van der Waals surface area contributed by atoms with Gasteiger partial charge in [-0.3, -0.25) is 0 Å². The van der Waals surface area contributed by atoms with Crippen LogP contribution in [-0.4, -0.2) is 49.8 Å². The molecule has 88 valence electrons. The Kier molecular flexibility index (Phi) is 4.84. The maximum atomic E-state index is 11.7. The molecule has 0 saturated carbocycles. The van der Waals surface area contributed by atoms with Gasteiger partial charge in [0.05, 0.1) is 6.10 Å². The number of methoxy groups -OCH3 is 1. The second-order valence-electron chi connectivity index (χ2n) is 4.01. The summed E-state index contributed by atoms with van der Waals surface area (Å²) < 4.78 is 5.24. The topological polar surface area (TPSA) is 67.6 Å². The summed E-state index contributed by atoms with van der Waals surface area (Å²) in [6.07, 6.45) is 2.14. The van der Waals surface area contributed by atoms with E-state index in [1.807, 2.05) is 11.8 Å². The average Bonchev–Trinajstić information content (AvgIpc) is 2.29. The minimum atomic E-state index is -0.0116. The molecule has 1 heterocycles. The lowest BCUT2D eigenvalue weighted by molar-refractivity contribution is 0.0501. The van der Waals surface area contributed by atoms with E-state index in [1.165, 1.54) is 0 Å². The second-order valence-corrected chi connectivity index (χ2v) is 4.01. The number of carbonyl (C=O) groups is 1. The van der Waals surface area contributed by atoms with Gasteiger partial charge in [0.15, 0.2) is 0 Å². The van der Waals surface area contributed by atoms with Gasteiger partial charge < -0.3 is 20.7 Å². The van der Waals surface area contributed by atoms with E-state index in [4.69, 9.17) is 10.5 Å². The number of hydrogen-bond acceptors (Lipinski definition) is 3. The maximum Gasteiger partial charge on any atom is 0.317 e. The molecule has 1 rings (SSSR count). The van der Waals surface area contributed by atoms with Gasteiger partial charge in [-0.1, -0.05) is 0 Å². The van der Waals surface area contributed by atoms with Crippen LogP contribution in [0.25, 0.3) is 0 Å². The van der Waals surface area contributed by atoms with E-state index in [0.717, 1.165) is 25.9 Å². The van der Waals surface area contributed by atoms with E-state index >= 15 is 0 Å². The predicted octanol–water partition coefficient (Wildman–Crippen LogP) is 0.154. The standard InChI is InChI=1S/C10H21N3O2/c1-8(7-11)12-10(14)13-5-3-9(15-2)4-6-13/h8-9H,3-7,11H2,1-2H3,(H,12,14). The number of ether oxygens (including phenoxy) is 1. The number of likely N-dealkylation sites (tertiary alicyclic amines) is 1. The Hall–Kier alpha value is -0.810. The fourth-order valence-electron chi connectivity index (χ4n) is 1.66. The Balaban J connectivity index is 2.30. The highest BCUT2D eigenvalue weighted by Crippen LogP contribution is 2.12. The summed E-state index contributed by atoms with van der Waals surface area (Å²) in [6, 6.07) is 0.0279. The Labute approximate surface area is 90.9 Å². The molecule has 3 N–H and O–H groups in total. The van der Waals surface area contributed by atoms with Crippen molar-refractivity contribution in [2.45, 2.75) is 31.9 Å². The van der Waals surface area contributed by atoms with Crippen LogP contribution in [0, 0.1) is 0 Å². The van der Waals surface area contributed by atoms with E-state index in [-0.39, 0.29) is 12.1 Å². The van der Waals surface area contributed by atoms with Crippen molar-refractivity contribution in [3.05, 3.63) is 0 Å². The van der Waals surface area contributed by atoms with Gasteiger partial charge in [0.1, 0.15) is 0 Å². The van der Waals surface area contributed by atoms with Crippen molar-refractivity contribution < 1.29 is 9.53 Å². The van der Waals surface area contributed by atoms with Gasteiger partial charge in [-0.2, -0.15) is 0 Å². The normalized spacial score (nSPS) is 20.1. The monoisotopic (exact) mass is 215 g/mol. The molecule has 1 aliphatic heterocycles. The fraction of sp³-hybridized carbons (Fsp3) is 0.900. The highest BCUT2D eigenvalue weighted by Gasteiger charge is 2.22. The highest BCUT2D eigenvalue weighted by atomic mass is 16.5. The zero-order chi connectivity index (χ0) is 11.3. The Morgan fingerprint density at radius 1 is 1.60 bits per heavy atom. The summed E-state index contributed by atoms with van der Waals surface area (Å²) in [5, 5.41) is 2.85. The van der Waals surface area contributed by atoms with Crippen LogP contribution in [0.1, 0.15) is 19.8 Å². The number of rotatable bonds is 3. The molecule has 1 fully saturated rings. The van der Waals surface area contributed by atoms with Gasteiger partial charge in [0.2, 0.25) is 0 Å². The number of urea groups is 1. The van der Waals surface area contributed by atoms with Crippen LogP contribution in [0.4, 0.5) is 4.79 Å². The summed E-state index contributed by atoms with van der Waals surface area (Å²) in [5.74, 6) is 0. The van der Waals surface area contributed by atoms with Crippen LogP contribution in [0.3, 0.4) is 0 Å². The average molecular weight is 215 g/mol. The zero-order valence-electron chi connectivity index (χ0n) is 9.53. The molecule has 1 aliphatic rings. The fourth-order valence-corrected chi connectivity index (χ4v) is 1.66. The molecule has 5 heteroatoms. The summed E-state index contributed by atoms with van der Waals surface area (Å²) in [4.78, 5) is 13.5. The van der Waals surface area contributed by atoms with Crippen LogP contribution in [0.15, 0.2) is 0 Å². The number of carbonyl (C=O) groups excluding carboxylic acids is 1. The third-order valence-corrected chi connectivity index (χ3v) is 2.79. The number of hydrogen-bond donors (Lipinski definition) is 2. The van der Waals surface area contributed by atoms with Crippen molar-refractivity contribution in [2.75, 3.05) is 26.7 Å². The molecule has 2 amide bonds. The first-order valence-corrected chi connectivity index (χ1v) is 5.45. The molecule has 1 saturated heterocycles. The summed E-state index contributed by atoms with van der Waals surface area (Å²) in [5.41, 5.74) is 5.44. The van der Waals surface area contributed by atoms with Crippen molar-refractivity contribution in [3.63, 3.8) is 0 Å². The SMILES string of the molecule is COC1CCN(C(=O)NC(C)CN)CC1. The molecule has 1 atom stereocenters. The lowest BCUT2D eigenvalue weighted by Crippen LogP contribution is -2.49. The number of amides is 2. The van der Waals surface area contributed by atoms with E-state index < -0.39 is 0 Å². The van der Waals surface area contributed by atoms with Gasteiger partial charge in [0.25, 0.3) is 0 Å². The molecule has 5 nitrogen and oxygen atoms in total. The van der Waals surface area contributed by atoms with Crippen molar-refractivity contribution in [3.8, 4) is 0 Å². The van der Waals surface area contributed by atoms with Crippen LogP contribution in [0.5, 0.6) is 0 Å². The van der Waals surface area contributed by atoms with Gasteiger partial charge >= 0.3 is 6.03 Å². The molecule has 0 aliphatic carbocycles. The molecule has 15 heavy (non-hydrogen) atoms. The number of nitrogens with two attached hydrogens (primary N) is 1. The smallest absolute Gasteiger partial charge is 0.317 e. The zero-order valence-corrected chi connectivity index (χ0v) is 9.53. The first-order valence-electron chi connectivity index (χ1n) is 5.45. The molecule has 0 aromatic heterocycles. The third kappa shape index (κ3) is 3.68. The van der Waals surface area contributed by atoms with Gasteiger partial charge in [-0.05, 0) is 19.8 Å². The molecule has 0 aromatic carbocycles. The Morgan fingerprint density at radius 3 is 2.67 bits per heavy atom. The molecule has 1 unspecified atom stereocenters. The van der Waals surface area contributed by atoms with E-state index in [2.05, 4.69) is 5.32 Å². The Morgan fingerprint density at radius 2 is 2.20 bits per heavy atom. The highest BCUT2D eigenvalue weighted by molar-refractivity contribution is 5.74. The lowest BCUT2D eigenvalue weighted by Gasteiger charge is -2.32. The van der Waals surface area contributed by atoms with Crippen LogP contribution in [0.2, 0.25) is 0 Å². The van der Waals surface area contributed by atoms with Gasteiger partial charge in [0, 0.05) is 32.8 Å². The van der Waals surface area contributed by atoms with Crippen LogP contribution >= 0.6 is 0 Å². The summed E-state index contributed by atoms with van der Waals surface area (Å²) in [7, 11) is 1.72. The van der Waals surface area contributed by atoms with E-state index in [9.17, 15) is 4.79 Å². The van der Waals surface area contributed by atoms with Crippen molar-refractivity contribution in [2.24, 2.45) is 5.73 Å². The minimum absolute atomic E-state index is 0.0116. The first kappa shape index (κ1) is 12.3. The van der Waals surface area contributed by atoms with Crippen molar-refractivity contribution >= 4 is 6.03 Å². The van der Waals surface area contributed by atoms with E-state index in [1.54, 1.807) is 7.11 Å². The van der Waals surface area contributed by atoms with Crippen molar-refractivity contribution in [1.29, 1.82) is 0 Å². The molecule has 0 aromatic rings. The second kappa shape index (κ2) is 5.92. The molecular weight excluding hydrogens is 194 g/mol. The maximum absolute atomic E-state index is 11.7. The molecule has 0 spiro atoms. The Bertz CT molecular complexity index is 203. The summed E-state index contributed by atoms with van der Waals surface area (Å²) in [6.45, 7) is 3.91. The number of nitrogens with zero attached hydrogens (tertiary/aromatic N) is 1. The van der Waals surface area contributed by atoms with E-state index in [0.29, 0.717) is 12.6 Å². The van der Waals surface area contributed by atoms with Crippen LogP contribution < -0.4 is 11.1 Å². The minimum Gasteiger partial charge on any atom is -0.381 e. The quantitative estimate of drug-likeness (QED) is 0.704. The number of piperidine rings is 1. The molecule has 0 bridgehead atoms. The van der Waals surface area contributed by atoms with Gasteiger partial charge in [-0.25, -0.2) is 4.79 Å². The lowest BCUT2D eigenvalue weighted by atomic mass is 10.1. The molecular formula is C10H21N3O2. The largest absolute Gasteiger partial charge is 0.381 e. The summed E-state index contributed by atoms with van der Waals surface area (Å²) >= 11 is 0. The third-order valence-electron chi connectivity index (χ3n) is 2.79.